The Hall–Kier alpha value is -2.65. The Balaban J connectivity index is 2.29. The standard InChI is InChI=1S/C15H12ClN5O/c1-20-12-6-4-3-5-11(12)19-14(20)9(7-17)13-10(16)8-18-21(2)15(13)22/h3-6,8-9H,1-2H3. The highest BCUT2D eigenvalue weighted by Gasteiger charge is 2.26. The quantitative estimate of drug-likeness (QED) is 0.725. The molecule has 1 aromatic carbocycles. The van der Waals surface area contributed by atoms with Crippen molar-refractivity contribution in [3.63, 3.8) is 0 Å². The smallest absolute Gasteiger partial charge is 0.273 e. The van der Waals surface area contributed by atoms with E-state index in [0.717, 1.165) is 15.7 Å². The molecular weight excluding hydrogens is 302 g/mol. The van der Waals surface area contributed by atoms with E-state index in [1.54, 1.807) is 4.57 Å². The maximum atomic E-state index is 12.3. The topological polar surface area (TPSA) is 76.5 Å². The van der Waals surface area contributed by atoms with Gasteiger partial charge in [-0.2, -0.15) is 10.4 Å². The number of nitriles is 1. The second-order valence-electron chi connectivity index (χ2n) is 4.91. The zero-order valence-electron chi connectivity index (χ0n) is 12.0. The molecule has 0 N–H and O–H groups in total. The summed E-state index contributed by atoms with van der Waals surface area (Å²) >= 11 is 6.11. The third kappa shape index (κ3) is 2.07. The van der Waals surface area contributed by atoms with Crippen LogP contribution < -0.4 is 5.56 Å². The van der Waals surface area contributed by atoms with Gasteiger partial charge >= 0.3 is 0 Å². The molecule has 1 unspecified atom stereocenters. The minimum absolute atomic E-state index is 0.168. The Bertz CT molecular complexity index is 966. The van der Waals surface area contributed by atoms with Gasteiger partial charge in [0.05, 0.1) is 33.9 Å². The van der Waals surface area contributed by atoms with Gasteiger partial charge in [0, 0.05) is 14.1 Å². The summed E-state index contributed by atoms with van der Waals surface area (Å²) in [6.45, 7) is 0. The fourth-order valence-electron chi connectivity index (χ4n) is 2.47. The number of hydrogen-bond donors (Lipinski definition) is 0. The van der Waals surface area contributed by atoms with Crippen LogP contribution in [0.5, 0.6) is 0 Å². The number of imidazole rings is 1. The van der Waals surface area contributed by atoms with Crippen LogP contribution in [-0.2, 0) is 14.1 Å². The Labute approximate surface area is 131 Å². The summed E-state index contributed by atoms with van der Waals surface area (Å²) in [5.74, 6) is -0.375. The summed E-state index contributed by atoms with van der Waals surface area (Å²) in [5.41, 5.74) is 1.45. The lowest BCUT2D eigenvalue weighted by Crippen LogP contribution is -2.26. The van der Waals surface area contributed by atoms with E-state index in [2.05, 4.69) is 16.2 Å². The lowest BCUT2D eigenvalue weighted by atomic mass is 10.0. The minimum atomic E-state index is -0.855. The maximum absolute atomic E-state index is 12.3. The number of nitrogens with zero attached hydrogens (tertiary/aromatic N) is 5. The van der Waals surface area contributed by atoms with Crippen LogP contribution in [0.15, 0.2) is 35.3 Å². The molecule has 0 saturated carbocycles. The van der Waals surface area contributed by atoms with E-state index >= 15 is 0 Å². The first-order valence-electron chi connectivity index (χ1n) is 6.57. The van der Waals surface area contributed by atoms with Gasteiger partial charge in [-0.15, -0.1) is 0 Å². The number of benzene rings is 1. The van der Waals surface area contributed by atoms with Gasteiger partial charge < -0.3 is 4.57 Å². The van der Waals surface area contributed by atoms with Crippen LogP contribution in [0.2, 0.25) is 5.02 Å². The van der Waals surface area contributed by atoms with Gasteiger partial charge in [-0.25, -0.2) is 9.67 Å². The Morgan fingerprint density at radius 3 is 2.73 bits per heavy atom. The molecule has 6 nitrogen and oxygen atoms in total. The number of para-hydroxylation sites is 2. The predicted molar refractivity (Wildman–Crippen MR) is 82.7 cm³/mol. The van der Waals surface area contributed by atoms with Gasteiger partial charge in [0.25, 0.3) is 5.56 Å². The van der Waals surface area contributed by atoms with Gasteiger partial charge in [0.2, 0.25) is 0 Å². The molecule has 22 heavy (non-hydrogen) atoms. The van der Waals surface area contributed by atoms with Gasteiger partial charge in [-0.3, -0.25) is 4.79 Å². The Morgan fingerprint density at radius 2 is 2.05 bits per heavy atom. The largest absolute Gasteiger partial charge is 0.330 e. The monoisotopic (exact) mass is 313 g/mol. The molecule has 2 aromatic heterocycles. The summed E-state index contributed by atoms with van der Waals surface area (Å²) in [4.78, 5) is 16.8. The normalized spacial score (nSPS) is 12.3. The third-order valence-electron chi connectivity index (χ3n) is 3.62. The van der Waals surface area contributed by atoms with Crippen molar-refractivity contribution in [1.29, 1.82) is 5.26 Å². The maximum Gasteiger partial charge on any atom is 0.273 e. The van der Waals surface area contributed by atoms with Gasteiger partial charge in [0.15, 0.2) is 0 Å². The molecule has 2 heterocycles. The van der Waals surface area contributed by atoms with Crippen LogP contribution in [0.1, 0.15) is 17.3 Å². The Morgan fingerprint density at radius 1 is 1.32 bits per heavy atom. The molecule has 0 aliphatic heterocycles. The molecule has 0 fully saturated rings. The van der Waals surface area contributed by atoms with Crippen molar-refractivity contribution in [3.05, 3.63) is 57.2 Å². The van der Waals surface area contributed by atoms with E-state index in [0.29, 0.717) is 5.82 Å². The molecule has 0 aliphatic rings. The van der Waals surface area contributed by atoms with Crippen molar-refractivity contribution in [2.75, 3.05) is 0 Å². The lowest BCUT2D eigenvalue weighted by molar-refractivity contribution is 0.683. The van der Waals surface area contributed by atoms with Crippen molar-refractivity contribution in [2.45, 2.75) is 5.92 Å². The highest BCUT2D eigenvalue weighted by Crippen LogP contribution is 2.28. The molecule has 0 aliphatic carbocycles. The fourth-order valence-corrected chi connectivity index (χ4v) is 2.70. The molecule has 1 atom stereocenters. The fraction of sp³-hybridized carbons (Fsp3) is 0.200. The van der Waals surface area contributed by atoms with E-state index in [1.807, 2.05) is 31.3 Å². The van der Waals surface area contributed by atoms with Crippen LogP contribution in [0.25, 0.3) is 11.0 Å². The number of rotatable bonds is 2. The molecule has 0 saturated heterocycles. The van der Waals surface area contributed by atoms with Crippen LogP contribution in [0.4, 0.5) is 0 Å². The van der Waals surface area contributed by atoms with E-state index < -0.39 is 11.5 Å². The summed E-state index contributed by atoms with van der Waals surface area (Å²) < 4.78 is 2.97. The molecule has 3 aromatic rings. The van der Waals surface area contributed by atoms with Crippen LogP contribution >= 0.6 is 11.6 Å². The van der Waals surface area contributed by atoms with Crippen molar-refractivity contribution in [1.82, 2.24) is 19.3 Å². The third-order valence-corrected chi connectivity index (χ3v) is 3.92. The molecule has 7 heteroatoms. The van der Waals surface area contributed by atoms with E-state index in [4.69, 9.17) is 11.6 Å². The first kappa shape index (κ1) is 14.3. The van der Waals surface area contributed by atoms with Crippen molar-refractivity contribution in [2.24, 2.45) is 14.1 Å². The molecule has 0 bridgehead atoms. The molecular formula is C15H12ClN5O. The predicted octanol–water partition coefficient (Wildman–Crippen LogP) is 1.98. The highest BCUT2D eigenvalue weighted by molar-refractivity contribution is 6.31. The average Bonchev–Trinajstić information content (AvgIpc) is 2.85. The lowest BCUT2D eigenvalue weighted by Gasteiger charge is -2.11. The van der Waals surface area contributed by atoms with E-state index in [-0.39, 0.29) is 10.6 Å². The first-order valence-corrected chi connectivity index (χ1v) is 6.95. The highest BCUT2D eigenvalue weighted by atomic mass is 35.5. The van der Waals surface area contributed by atoms with Gasteiger partial charge in [0.1, 0.15) is 11.7 Å². The molecule has 0 amide bonds. The van der Waals surface area contributed by atoms with Crippen LogP contribution in [0, 0.1) is 11.3 Å². The van der Waals surface area contributed by atoms with Crippen LogP contribution in [-0.4, -0.2) is 19.3 Å². The second-order valence-corrected chi connectivity index (χ2v) is 5.32. The van der Waals surface area contributed by atoms with Crippen molar-refractivity contribution in [3.8, 4) is 6.07 Å². The SMILES string of the molecule is Cn1ncc(Cl)c(C(C#N)c2nc3ccccc3n2C)c1=O. The summed E-state index contributed by atoms with van der Waals surface area (Å²) in [5, 5.41) is 13.6. The second kappa shape index (κ2) is 5.28. The summed E-state index contributed by atoms with van der Waals surface area (Å²) in [7, 11) is 3.33. The molecule has 3 rings (SSSR count). The van der Waals surface area contributed by atoms with Crippen molar-refractivity contribution >= 4 is 22.6 Å². The van der Waals surface area contributed by atoms with E-state index in [1.165, 1.54) is 13.2 Å². The van der Waals surface area contributed by atoms with Gasteiger partial charge in [-0.1, -0.05) is 23.7 Å². The number of hydrogen-bond acceptors (Lipinski definition) is 4. The number of halogens is 1. The molecule has 0 radical (unpaired) electrons. The van der Waals surface area contributed by atoms with Gasteiger partial charge in [-0.05, 0) is 12.1 Å². The molecule has 0 spiro atoms. The molecule has 110 valence electrons. The first-order chi connectivity index (χ1) is 10.5. The Kier molecular flexibility index (Phi) is 3.43. The average molecular weight is 314 g/mol. The number of fused-ring (bicyclic) bond motifs is 1. The summed E-state index contributed by atoms with van der Waals surface area (Å²) in [6, 6.07) is 9.68. The number of aromatic nitrogens is 4. The van der Waals surface area contributed by atoms with Crippen molar-refractivity contribution < 1.29 is 0 Å². The zero-order chi connectivity index (χ0) is 15.9. The minimum Gasteiger partial charge on any atom is -0.330 e. The van der Waals surface area contributed by atoms with E-state index in [9.17, 15) is 10.1 Å². The summed E-state index contributed by atoms with van der Waals surface area (Å²) in [6.07, 6.45) is 1.37. The van der Waals surface area contributed by atoms with Crippen LogP contribution in [0.3, 0.4) is 0 Å². The number of aryl methyl sites for hydroxylation is 2. The zero-order valence-corrected chi connectivity index (χ0v) is 12.7.